The van der Waals surface area contributed by atoms with Crippen molar-refractivity contribution in [2.75, 3.05) is 12.0 Å². The normalized spacial score (nSPS) is 14.7. The van der Waals surface area contributed by atoms with E-state index in [4.69, 9.17) is 10.7 Å². The molecule has 7 heteroatoms. The first kappa shape index (κ1) is 12.2. The van der Waals surface area contributed by atoms with Crippen LogP contribution in [0.4, 0.5) is 0 Å². The van der Waals surface area contributed by atoms with Crippen molar-refractivity contribution in [3.63, 3.8) is 0 Å². The van der Waals surface area contributed by atoms with Crippen LogP contribution < -0.4 is 0 Å². The highest BCUT2D eigenvalue weighted by molar-refractivity contribution is 8.14. The Morgan fingerprint density at radius 1 is 1.17 bits per heavy atom. The predicted octanol–water partition coefficient (Wildman–Crippen LogP) is 0.378. The number of rotatable bonds is 3. The zero-order valence-corrected chi connectivity index (χ0v) is 9.42. The molecule has 0 unspecified atom stereocenters. The molecule has 0 radical (unpaired) electrons. The Hall–Kier alpha value is 0.190. The van der Waals surface area contributed by atoms with Crippen LogP contribution in [0, 0.1) is 0 Å². The summed E-state index contributed by atoms with van der Waals surface area (Å²) in [4.78, 5) is 0. The van der Waals surface area contributed by atoms with Crippen molar-refractivity contribution in [2.24, 2.45) is 0 Å². The number of hydrogen-bond acceptors (Lipinski definition) is 4. The van der Waals surface area contributed by atoms with Gasteiger partial charge >= 0.3 is 0 Å². The van der Waals surface area contributed by atoms with Crippen molar-refractivity contribution in [3.8, 4) is 0 Å². The van der Waals surface area contributed by atoms with E-state index in [2.05, 4.69) is 0 Å². The Morgan fingerprint density at radius 3 is 1.58 bits per heavy atom. The second-order valence-corrected chi connectivity index (χ2v) is 8.64. The van der Waals surface area contributed by atoms with Gasteiger partial charge in [0.2, 0.25) is 9.05 Å². The fourth-order valence-electron chi connectivity index (χ4n) is 0.522. The fraction of sp³-hybridized carbons (Fsp3) is 1.00. The molecule has 0 bridgehead atoms. The van der Waals surface area contributed by atoms with Crippen molar-refractivity contribution >= 4 is 29.6 Å². The quantitative estimate of drug-likeness (QED) is 0.662. The first-order valence-corrected chi connectivity index (χ1v) is 7.45. The molecule has 0 aliphatic rings. The van der Waals surface area contributed by atoms with E-state index in [1.54, 1.807) is 0 Å². The van der Waals surface area contributed by atoms with Gasteiger partial charge in [0.1, 0.15) is 0 Å². The summed E-state index contributed by atoms with van der Waals surface area (Å²) in [5, 5.41) is 0. The summed E-state index contributed by atoms with van der Waals surface area (Å²) in [5.74, 6) is -0.569. The van der Waals surface area contributed by atoms with Gasteiger partial charge in [0, 0.05) is 16.9 Å². The third kappa shape index (κ3) is 3.73. The van der Waals surface area contributed by atoms with E-state index in [-0.39, 0.29) is 0 Å². The monoisotopic (exact) mass is 234 g/mol. The van der Waals surface area contributed by atoms with Crippen LogP contribution in [0.2, 0.25) is 0 Å². The smallest absolute Gasteiger partial charge is 0.229 e. The summed E-state index contributed by atoms with van der Waals surface area (Å²) in [6.45, 7) is 2.64. The van der Waals surface area contributed by atoms with Crippen LogP contribution >= 0.6 is 10.7 Å². The van der Waals surface area contributed by atoms with Crippen LogP contribution in [0.3, 0.4) is 0 Å². The van der Waals surface area contributed by atoms with E-state index >= 15 is 0 Å². The molecule has 0 aromatic heterocycles. The molecule has 12 heavy (non-hydrogen) atoms. The maximum Gasteiger partial charge on any atom is 0.234 e. The van der Waals surface area contributed by atoms with Crippen molar-refractivity contribution in [1.29, 1.82) is 0 Å². The summed E-state index contributed by atoms with van der Waals surface area (Å²) in [6, 6.07) is 0. The highest BCUT2D eigenvalue weighted by Gasteiger charge is 2.34. The van der Waals surface area contributed by atoms with Gasteiger partial charge in [0.25, 0.3) is 0 Å². The summed E-state index contributed by atoms with van der Waals surface area (Å²) in [6.07, 6.45) is 0.981. The van der Waals surface area contributed by atoms with Crippen molar-refractivity contribution < 1.29 is 16.8 Å². The molecule has 0 aromatic rings. The first-order valence-electron chi connectivity index (χ1n) is 3.08. The minimum atomic E-state index is -3.77. The van der Waals surface area contributed by atoms with Crippen LogP contribution in [-0.4, -0.2) is 33.6 Å². The van der Waals surface area contributed by atoms with Gasteiger partial charge in [-0.15, -0.1) is 0 Å². The molecule has 0 atom stereocenters. The highest BCUT2D eigenvalue weighted by Crippen LogP contribution is 2.19. The van der Waals surface area contributed by atoms with E-state index in [1.165, 1.54) is 13.8 Å². The molecule has 0 aliphatic carbocycles. The second kappa shape index (κ2) is 3.16. The minimum Gasteiger partial charge on any atom is -0.229 e. The van der Waals surface area contributed by atoms with E-state index in [9.17, 15) is 16.8 Å². The molecule has 0 saturated heterocycles. The topological polar surface area (TPSA) is 68.3 Å². The van der Waals surface area contributed by atoms with Crippen LogP contribution in [-0.2, 0) is 18.9 Å². The Balaban J connectivity index is 4.94. The Kier molecular flexibility index (Phi) is 3.21. The molecule has 0 aliphatic heterocycles. The van der Waals surface area contributed by atoms with Crippen molar-refractivity contribution in [3.05, 3.63) is 0 Å². The lowest BCUT2D eigenvalue weighted by atomic mass is 10.2. The summed E-state index contributed by atoms with van der Waals surface area (Å²) < 4.78 is 41.9. The van der Waals surface area contributed by atoms with Crippen molar-refractivity contribution in [1.82, 2.24) is 0 Å². The second-order valence-electron chi connectivity index (χ2n) is 3.22. The molecule has 0 rings (SSSR count). The largest absolute Gasteiger partial charge is 0.234 e. The van der Waals surface area contributed by atoms with E-state index < -0.39 is 29.4 Å². The average Bonchev–Trinajstić information content (AvgIpc) is 1.52. The molecule has 0 N–H and O–H groups in total. The van der Waals surface area contributed by atoms with Gasteiger partial charge < -0.3 is 0 Å². The van der Waals surface area contributed by atoms with Gasteiger partial charge in [-0.3, -0.25) is 0 Å². The molecule has 0 saturated carbocycles. The predicted molar refractivity (Wildman–Crippen MR) is 48.6 cm³/mol. The van der Waals surface area contributed by atoms with Gasteiger partial charge in [-0.2, -0.15) is 0 Å². The average molecular weight is 235 g/mol. The molecular weight excluding hydrogens is 224 g/mol. The van der Waals surface area contributed by atoms with E-state index in [0.717, 1.165) is 6.26 Å². The molecule has 0 heterocycles. The maximum atomic E-state index is 11.0. The third-order valence-electron chi connectivity index (χ3n) is 1.52. The SMILES string of the molecule is CC(C)(CS(=O)(=O)Cl)S(C)(=O)=O. The van der Waals surface area contributed by atoms with Crippen LogP contribution in [0.25, 0.3) is 0 Å². The van der Waals surface area contributed by atoms with Crippen LogP contribution in [0.5, 0.6) is 0 Å². The maximum absolute atomic E-state index is 11.0. The van der Waals surface area contributed by atoms with Gasteiger partial charge in [-0.25, -0.2) is 16.8 Å². The molecule has 0 fully saturated rings. The summed E-state index contributed by atoms with van der Waals surface area (Å²) in [5.41, 5.74) is 0. The Labute approximate surface area is 77.3 Å². The molecule has 0 spiro atoms. The zero-order chi connectivity index (χ0) is 10.2. The Morgan fingerprint density at radius 2 is 1.50 bits per heavy atom. The highest BCUT2D eigenvalue weighted by atomic mass is 35.7. The standard InChI is InChI=1S/C5H11ClO4S2/c1-5(2,11(3,7)8)4-12(6,9)10/h4H2,1-3H3. The molecule has 0 aromatic carbocycles. The lowest BCUT2D eigenvalue weighted by molar-refractivity contribution is 0.558. The lowest BCUT2D eigenvalue weighted by Gasteiger charge is -2.19. The molecule has 0 amide bonds. The van der Waals surface area contributed by atoms with Crippen LogP contribution in [0.15, 0.2) is 0 Å². The van der Waals surface area contributed by atoms with Gasteiger partial charge in [-0.05, 0) is 13.8 Å². The molecule has 74 valence electrons. The van der Waals surface area contributed by atoms with Gasteiger partial charge in [0.15, 0.2) is 9.84 Å². The number of sulfone groups is 1. The number of halogens is 1. The molecular formula is C5H11ClO4S2. The zero-order valence-electron chi connectivity index (χ0n) is 7.03. The first-order chi connectivity index (χ1) is 4.96. The number of hydrogen-bond donors (Lipinski definition) is 0. The summed E-state index contributed by atoms with van der Waals surface area (Å²) >= 11 is 0. The van der Waals surface area contributed by atoms with Crippen molar-refractivity contribution in [2.45, 2.75) is 18.6 Å². The molecule has 4 nitrogen and oxygen atoms in total. The third-order valence-corrected chi connectivity index (χ3v) is 5.25. The van der Waals surface area contributed by atoms with Gasteiger partial charge in [0.05, 0.1) is 10.5 Å². The minimum absolute atomic E-state index is 0.569. The fourth-order valence-corrected chi connectivity index (χ4v) is 3.69. The Bertz CT molecular complexity index is 351. The summed E-state index contributed by atoms with van der Waals surface area (Å²) in [7, 11) is -2.24. The lowest BCUT2D eigenvalue weighted by Crippen LogP contribution is -2.37. The van der Waals surface area contributed by atoms with Crippen LogP contribution in [0.1, 0.15) is 13.8 Å². The van der Waals surface area contributed by atoms with E-state index in [1.807, 2.05) is 0 Å². The van der Waals surface area contributed by atoms with E-state index in [0.29, 0.717) is 0 Å². The van der Waals surface area contributed by atoms with Gasteiger partial charge in [-0.1, -0.05) is 0 Å².